The normalized spacial score (nSPS) is 10.0. The van der Waals surface area contributed by atoms with Gasteiger partial charge in [0.05, 0.1) is 18.5 Å². The Hall–Kier alpha value is -1.62. The van der Waals surface area contributed by atoms with Crippen LogP contribution in [-0.4, -0.2) is 31.2 Å². The van der Waals surface area contributed by atoms with E-state index in [1.165, 1.54) is 0 Å². The van der Waals surface area contributed by atoms with Gasteiger partial charge in [0, 0.05) is 20.1 Å². The van der Waals surface area contributed by atoms with Crippen LogP contribution in [0.2, 0.25) is 0 Å². The van der Waals surface area contributed by atoms with Gasteiger partial charge in [-0.1, -0.05) is 6.92 Å². The monoisotopic (exact) mass is 237 g/mol. The minimum absolute atomic E-state index is 0.0226. The maximum atomic E-state index is 11.3. The molecule has 0 aliphatic heterocycles. The Morgan fingerprint density at radius 2 is 2.29 bits per heavy atom. The highest BCUT2D eigenvalue weighted by atomic mass is 16.5. The smallest absolute Gasteiger partial charge is 0.224 e. The molecule has 2 N–H and O–H groups in total. The molecular formula is C12H19N3O2. The van der Waals surface area contributed by atoms with E-state index in [2.05, 4.69) is 15.6 Å². The lowest BCUT2D eigenvalue weighted by Crippen LogP contribution is -2.11. The van der Waals surface area contributed by atoms with Gasteiger partial charge in [0.25, 0.3) is 0 Å². The number of hydrogen-bond acceptors (Lipinski definition) is 4. The first kappa shape index (κ1) is 13.4. The fraction of sp³-hybridized carbons (Fsp3) is 0.500. The van der Waals surface area contributed by atoms with E-state index in [-0.39, 0.29) is 5.91 Å². The SMILES string of the molecule is CCCC(=O)Nc1ccc(NCCOC)nc1. The number of hydrogen-bond donors (Lipinski definition) is 2. The first-order valence-electron chi connectivity index (χ1n) is 5.75. The molecule has 0 atom stereocenters. The molecule has 0 unspecified atom stereocenters. The lowest BCUT2D eigenvalue weighted by molar-refractivity contribution is -0.116. The Bertz CT molecular complexity index is 338. The van der Waals surface area contributed by atoms with Crippen LogP contribution in [-0.2, 0) is 9.53 Å². The molecule has 0 aliphatic carbocycles. The summed E-state index contributed by atoms with van der Waals surface area (Å²) in [7, 11) is 1.65. The zero-order valence-electron chi connectivity index (χ0n) is 10.3. The topological polar surface area (TPSA) is 63.2 Å². The minimum atomic E-state index is 0.0226. The molecule has 5 heteroatoms. The van der Waals surface area contributed by atoms with Crippen molar-refractivity contribution in [3.8, 4) is 0 Å². The summed E-state index contributed by atoms with van der Waals surface area (Å²) in [6.07, 6.45) is 3.02. The summed E-state index contributed by atoms with van der Waals surface area (Å²) in [5, 5.41) is 5.89. The number of amides is 1. The number of rotatable bonds is 7. The second kappa shape index (κ2) is 7.62. The van der Waals surface area contributed by atoms with Crippen molar-refractivity contribution in [2.75, 3.05) is 30.9 Å². The third-order valence-corrected chi connectivity index (χ3v) is 2.14. The van der Waals surface area contributed by atoms with Crippen LogP contribution >= 0.6 is 0 Å². The first-order chi connectivity index (χ1) is 8.26. The number of nitrogens with one attached hydrogen (secondary N) is 2. The van der Waals surface area contributed by atoms with Crippen molar-refractivity contribution >= 4 is 17.4 Å². The van der Waals surface area contributed by atoms with E-state index < -0.39 is 0 Å². The molecule has 0 fully saturated rings. The zero-order valence-corrected chi connectivity index (χ0v) is 10.3. The number of pyridine rings is 1. The lowest BCUT2D eigenvalue weighted by Gasteiger charge is -2.07. The molecule has 1 heterocycles. The molecule has 5 nitrogen and oxygen atoms in total. The molecule has 0 spiro atoms. The molecule has 0 radical (unpaired) electrons. The fourth-order valence-corrected chi connectivity index (χ4v) is 1.30. The molecule has 1 aromatic rings. The molecule has 17 heavy (non-hydrogen) atoms. The van der Waals surface area contributed by atoms with Crippen molar-refractivity contribution in [3.63, 3.8) is 0 Å². The maximum Gasteiger partial charge on any atom is 0.224 e. The molecule has 1 amide bonds. The molecule has 0 saturated carbocycles. The molecule has 0 aliphatic rings. The van der Waals surface area contributed by atoms with Crippen LogP contribution < -0.4 is 10.6 Å². The number of anilines is 2. The molecule has 0 bridgehead atoms. The highest BCUT2D eigenvalue weighted by Crippen LogP contribution is 2.09. The van der Waals surface area contributed by atoms with E-state index in [9.17, 15) is 4.79 Å². The van der Waals surface area contributed by atoms with Crippen molar-refractivity contribution < 1.29 is 9.53 Å². The van der Waals surface area contributed by atoms with Gasteiger partial charge >= 0.3 is 0 Å². The van der Waals surface area contributed by atoms with Gasteiger partial charge in [-0.25, -0.2) is 4.98 Å². The second-order valence-corrected chi connectivity index (χ2v) is 3.65. The predicted octanol–water partition coefficient (Wildman–Crippen LogP) is 1.88. The number of aromatic nitrogens is 1. The highest BCUT2D eigenvalue weighted by Gasteiger charge is 2.00. The Labute approximate surface area is 102 Å². The number of methoxy groups -OCH3 is 1. The molecular weight excluding hydrogens is 218 g/mol. The van der Waals surface area contributed by atoms with Crippen LogP contribution in [0, 0.1) is 0 Å². The Morgan fingerprint density at radius 3 is 2.88 bits per heavy atom. The summed E-state index contributed by atoms with van der Waals surface area (Å²) >= 11 is 0. The molecule has 1 rings (SSSR count). The summed E-state index contributed by atoms with van der Waals surface area (Å²) in [4.78, 5) is 15.5. The van der Waals surface area contributed by atoms with Gasteiger partial charge in [0.1, 0.15) is 5.82 Å². The van der Waals surface area contributed by atoms with E-state index in [4.69, 9.17) is 4.74 Å². The minimum Gasteiger partial charge on any atom is -0.383 e. The molecule has 1 aromatic heterocycles. The summed E-state index contributed by atoms with van der Waals surface area (Å²) in [5.74, 6) is 0.796. The van der Waals surface area contributed by atoms with Crippen molar-refractivity contribution in [1.29, 1.82) is 0 Å². The molecule has 0 aromatic carbocycles. The van der Waals surface area contributed by atoms with Crippen molar-refractivity contribution in [2.24, 2.45) is 0 Å². The van der Waals surface area contributed by atoms with E-state index in [0.29, 0.717) is 19.6 Å². The lowest BCUT2D eigenvalue weighted by atomic mass is 10.3. The third kappa shape index (κ3) is 5.31. The first-order valence-corrected chi connectivity index (χ1v) is 5.75. The van der Waals surface area contributed by atoms with Crippen LogP contribution in [0.5, 0.6) is 0 Å². The van der Waals surface area contributed by atoms with Gasteiger partial charge < -0.3 is 15.4 Å². The summed E-state index contributed by atoms with van der Waals surface area (Å²) < 4.78 is 4.92. The van der Waals surface area contributed by atoms with Crippen LogP contribution in [0.1, 0.15) is 19.8 Å². The summed E-state index contributed by atoms with van der Waals surface area (Å²) in [6, 6.07) is 3.66. The quantitative estimate of drug-likeness (QED) is 0.711. The van der Waals surface area contributed by atoms with Crippen LogP contribution in [0.15, 0.2) is 18.3 Å². The van der Waals surface area contributed by atoms with Gasteiger partial charge in [-0.2, -0.15) is 0 Å². The maximum absolute atomic E-state index is 11.3. The Balaban J connectivity index is 2.41. The number of nitrogens with zero attached hydrogens (tertiary/aromatic N) is 1. The standard InChI is InChI=1S/C12H19N3O2/c1-3-4-12(16)15-10-5-6-11(14-9-10)13-7-8-17-2/h5-6,9H,3-4,7-8H2,1-2H3,(H,13,14)(H,15,16). The predicted molar refractivity (Wildman–Crippen MR) is 68.1 cm³/mol. The highest BCUT2D eigenvalue weighted by molar-refractivity contribution is 5.90. The number of carbonyl (C=O) groups excluding carboxylic acids is 1. The van der Waals surface area contributed by atoms with E-state index in [1.54, 1.807) is 13.3 Å². The fourth-order valence-electron chi connectivity index (χ4n) is 1.30. The second-order valence-electron chi connectivity index (χ2n) is 3.65. The molecule has 0 saturated heterocycles. The Kier molecular flexibility index (Phi) is 6.03. The van der Waals surface area contributed by atoms with Gasteiger partial charge in [0.15, 0.2) is 0 Å². The third-order valence-electron chi connectivity index (χ3n) is 2.14. The largest absolute Gasteiger partial charge is 0.383 e. The van der Waals surface area contributed by atoms with Crippen LogP contribution in [0.4, 0.5) is 11.5 Å². The van der Waals surface area contributed by atoms with Crippen molar-refractivity contribution in [3.05, 3.63) is 18.3 Å². The average Bonchev–Trinajstić information content (AvgIpc) is 2.32. The number of ether oxygens (including phenoxy) is 1. The van der Waals surface area contributed by atoms with Gasteiger partial charge in [-0.3, -0.25) is 4.79 Å². The van der Waals surface area contributed by atoms with Gasteiger partial charge in [0.2, 0.25) is 5.91 Å². The summed E-state index contributed by atoms with van der Waals surface area (Å²) in [6.45, 7) is 3.32. The van der Waals surface area contributed by atoms with Gasteiger partial charge in [-0.15, -0.1) is 0 Å². The van der Waals surface area contributed by atoms with Crippen LogP contribution in [0.3, 0.4) is 0 Å². The number of carbonyl (C=O) groups is 1. The van der Waals surface area contributed by atoms with E-state index in [1.807, 2.05) is 19.1 Å². The average molecular weight is 237 g/mol. The van der Waals surface area contributed by atoms with Crippen molar-refractivity contribution in [2.45, 2.75) is 19.8 Å². The Morgan fingerprint density at radius 1 is 1.47 bits per heavy atom. The van der Waals surface area contributed by atoms with Gasteiger partial charge in [-0.05, 0) is 18.6 Å². The van der Waals surface area contributed by atoms with Crippen molar-refractivity contribution in [1.82, 2.24) is 4.98 Å². The zero-order chi connectivity index (χ0) is 12.5. The van der Waals surface area contributed by atoms with E-state index >= 15 is 0 Å². The molecule has 94 valence electrons. The summed E-state index contributed by atoms with van der Waals surface area (Å²) in [5.41, 5.74) is 0.723. The van der Waals surface area contributed by atoms with E-state index in [0.717, 1.165) is 17.9 Å². The van der Waals surface area contributed by atoms with Crippen LogP contribution in [0.25, 0.3) is 0 Å².